The van der Waals surface area contributed by atoms with Crippen LogP contribution >= 0.6 is 11.6 Å². The van der Waals surface area contributed by atoms with E-state index >= 15 is 0 Å². The summed E-state index contributed by atoms with van der Waals surface area (Å²) in [4.78, 5) is 9.56. The number of nitrogens with one attached hydrogen (secondary N) is 2. The van der Waals surface area contributed by atoms with E-state index in [1.54, 1.807) is 13.3 Å². The number of rotatable bonds is 10. The second-order valence-corrected chi connectivity index (χ2v) is 11.8. The maximum absolute atomic E-state index is 6.59. The quantitative estimate of drug-likeness (QED) is 0.397. The molecule has 36 heavy (non-hydrogen) atoms. The third-order valence-corrected chi connectivity index (χ3v) is 7.89. The molecule has 2 aromatic rings. The molecule has 0 bridgehead atoms. The van der Waals surface area contributed by atoms with Gasteiger partial charge in [-0.2, -0.15) is 0 Å². The van der Waals surface area contributed by atoms with Crippen LogP contribution in [-0.4, -0.2) is 54.5 Å². The van der Waals surface area contributed by atoms with Crippen molar-refractivity contribution < 1.29 is 9.47 Å². The Balaban J connectivity index is 1.34. The highest BCUT2D eigenvalue weighted by Crippen LogP contribution is 2.32. The van der Waals surface area contributed by atoms with E-state index in [0.29, 0.717) is 28.9 Å². The molecule has 2 aromatic heterocycles. The van der Waals surface area contributed by atoms with Gasteiger partial charge in [0.25, 0.3) is 0 Å². The first-order valence-corrected chi connectivity index (χ1v) is 13.9. The molecule has 4 rings (SSSR count). The number of anilines is 1. The molecule has 198 valence electrons. The van der Waals surface area contributed by atoms with Crippen molar-refractivity contribution >= 4 is 17.4 Å². The maximum atomic E-state index is 6.59. The van der Waals surface area contributed by atoms with Gasteiger partial charge in [-0.1, -0.05) is 17.7 Å². The van der Waals surface area contributed by atoms with Gasteiger partial charge in [-0.05, 0) is 95.8 Å². The fraction of sp³-hybridized carbons (Fsp3) is 0.655. The van der Waals surface area contributed by atoms with Crippen molar-refractivity contribution in [3.63, 3.8) is 0 Å². The number of hydrogen-bond acceptors (Lipinski definition) is 6. The highest BCUT2D eigenvalue weighted by molar-refractivity contribution is 6.33. The average Bonchev–Trinajstić information content (AvgIpc) is 2.85. The summed E-state index contributed by atoms with van der Waals surface area (Å²) in [6.45, 7) is 9.03. The lowest BCUT2D eigenvalue weighted by atomic mass is 9.83. The summed E-state index contributed by atoms with van der Waals surface area (Å²) in [5.41, 5.74) is 2.91. The SMILES string of the molecule is COC[C@@H](C)NC1CCC(Cc2cc(-c3cccc(NCC4CCOC(C)(C)C4)n3)c(Cl)cn2)CC1. The first-order valence-electron chi connectivity index (χ1n) is 13.6. The van der Waals surface area contributed by atoms with Crippen molar-refractivity contribution in [2.75, 3.05) is 32.2 Å². The molecule has 0 spiro atoms. The number of ether oxygens (including phenoxy) is 2. The van der Waals surface area contributed by atoms with Crippen LogP contribution in [0.5, 0.6) is 0 Å². The van der Waals surface area contributed by atoms with Gasteiger partial charge in [-0.25, -0.2) is 4.98 Å². The average molecular weight is 515 g/mol. The second-order valence-electron chi connectivity index (χ2n) is 11.4. The van der Waals surface area contributed by atoms with Gasteiger partial charge in [-0.15, -0.1) is 0 Å². The van der Waals surface area contributed by atoms with Crippen molar-refractivity contribution in [3.8, 4) is 11.3 Å². The fourth-order valence-electron chi connectivity index (χ4n) is 5.78. The Bertz CT molecular complexity index is 977. The molecule has 2 N–H and O–H groups in total. The Hall–Kier alpha value is -1.73. The van der Waals surface area contributed by atoms with Gasteiger partial charge >= 0.3 is 0 Å². The summed E-state index contributed by atoms with van der Waals surface area (Å²) < 4.78 is 11.1. The number of halogens is 1. The smallest absolute Gasteiger partial charge is 0.126 e. The van der Waals surface area contributed by atoms with E-state index in [-0.39, 0.29) is 5.60 Å². The molecule has 1 saturated carbocycles. The van der Waals surface area contributed by atoms with Gasteiger partial charge in [0.2, 0.25) is 0 Å². The molecule has 0 aromatic carbocycles. The summed E-state index contributed by atoms with van der Waals surface area (Å²) in [7, 11) is 1.76. The molecule has 0 amide bonds. The van der Waals surface area contributed by atoms with Crippen molar-refractivity contribution in [3.05, 3.63) is 41.2 Å². The van der Waals surface area contributed by atoms with E-state index in [9.17, 15) is 0 Å². The van der Waals surface area contributed by atoms with Gasteiger partial charge < -0.3 is 20.1 Å². The molecule has 1 unspecified atom stereocenters. The van der Waals surface area contributed by atoms with Crippen LogP contribution in [-0.2, 0) is 15.9 Å². The van der Waals surface area contributed by atoms with E-state index in [2.05, 4.69) is 42.5 Å². The van der Waals surface area contributed by atoms with E-state index in [0.717, 1.165) is 61.8 Å². The number of aromatic nitrogens is 2. The van der Waals surface area contributed by atoms with Gasteiger partial charge in [0.1, 0.15) is 5.82 Å². The van der Waals surface area contributed by atoms with Crippen LogP contribution in [0.2, 0.25) is 5.02 Å². The lowest BCUT2D eigenvalue weighted by Gasteiger charge is -2.35. The van der Waals surface area contributed by atoms with Crippen molar-refractivity contribution in [2.45, 2.75) is 83.4 Å². The van der Waals surface area contributed by atoms with E-state index in [1.807, 2.05) is 18.2 Å². The molecule has 2 atom stereocenters. The van der Waals surface area contributed by atoms with E-state index < -0.39 is 0 Å². The summed E-state index contributed by atoms with van der Waals surface area (Å²) in [6, 6.07) is 9.24. The predicted octanol–water partition coefficient (Wildman–Crippen LogP) is 6.14. The summed E-state index contributed by atoms with van der Waals surface area (Å²) in [5, 5.41) is 7.90. The van der Waals surface area contributed by atoms with Gasteiger partial charge in [-0.3, -0.25) is 4.98 Å². The molecule has 1 saturated heterocycles. The minimum Gasteiger partial charge on any atom is -0.383 e. The third-order valence-electron chi connectivity index (χ3n) is 7.59. The topological polar surface area (TPSA) is 68.3 Å². The Kier molecular flexibility index (Phi) is 9.62. The van der Waals surface area contributed by atoms with Crippen LogP contribution in [0, 0.1) is 11.8 Å². The minimum atomic E-state index is -0.0426. The molecule has 2 fully saturated rings. The number of hydrogen-bond donors (Lipinski definition) is 2. The maximum Gasteiger partial charge on any atom is 0.126 e. The van der Waals surface area contributed by atoms with Gasteiger partial charge in [0.05, 0.1) is 22.9 Å². The fourth-order valence-corrected chi connectivity index (χ4v) is 5.98. The molecule has 6 nitrogen and oxygen atoms in total. The molecule has 7 heteroatoms. The van der Waals surface area contributed by atoms with Crippen LogP contribution in [0.15, 0.2) is 30.5 Å². The lowest BCUT2D eigenvalue weighted by molar-refractivity contribution is -0.0699. The molecule has 1 aliphatic carbocycles. The molecule has 0 radical (unpaired) electrons. The summed E-state index contributed by atoms with van der Waals surface area (Å²) in [5.74, 6) is 2.13. The van der Waals surface area contributed by atoms with Crippen molar-refractivity contribution in [1.82, 2.24) is 15.3 Å². The van der Waals surface area contributed by atoms with E-state index in [4.69, 9.17) is 26.1 Å². The van der Waals surface area contributed by atoms with Crippen LogP contribution in [0.25, 0.3) is 11.3 Å². The number of nitrogens with zero attached hydrogens (tertiary/aromatic N) is 2. The Morgan fingerprint density at radius 3 is 2.72 bits per heavy atom. The lowest BCUT2D eigenvalue weighted by Crippen LogP contribution is -2.41. The second kappa shape index (κ2) is 12.7. The number of methoxy groups -OCH3 is 1. The Labute approximate surface area is 221 Å². The highest BCUT2D eigenvalue weighted by Gasteiger charge is 2.28. The zero-order valence-corrected chi connectivity index (χ0v) is 23.1. The first-order chi connectivity index (χ1) is 17.3. The van der Waals surface area contributed by atoms with Crippen LogP contribution in [0.1, 0.15) is 65.0 Å². The van der Waals surface area contributed by atoms with Crippen molar-refractivity contribution in [2.24, 2.45) is 11.8 Å². The zero-order valence-electron chi connectivity index (χ0n) is 22.4. The number of pyridine rings is 2. The van der Waals surface area contributed by atoms with Crippen LogP contribution < -0.4 is 10.6 Å². The zero-order chi connectivity index (χ0) is 25.5. The monoisotopic (exact) mass is 514 g/mol. The summed E-state index contributed by atoms with van der Waals surface area (Å²) in [6.07, 6.45) is 9.77. The third kappa shape index (κ3) is 7.88. The largest absolute Gasteiger partial charge is 0.383 e. The molecular formula is C29H43ClN4O2. The Morgan fingerprint density at radius 2 is 1.97 bits per heavy atom. The Morgan fingerprint density at radius 1 is 1.17 bits per heavy atom. The van der Waals surface area contributed by atoms with E-state index in [1.165, 1.54) is 25.7 Å². The molecule has 1 aliphatic heterocycles. The minimum absolute atomic E-state index is 0.0426. The van der Waals surface area contributed by atoms with Crippen molar-refractivity contribution in [1.29, 1.82) is 0 Å². The standard InChI is InChI=1S/C29H43ClN4O2/c1-20(19-35-4)33-23-10-8-21(9-11-23)14-24-15-25(26(30)18-31-24)27-6-5-7-28(34-27)32-17-22-12-13-36-29(2,3)16-22/h5-7,15,18,20-23,33H,8-14,16-17,19H2,1-4H3,(H,32,34)/t20-,21?,22?,23?/m1/s1. The molecular weight excluding hydrogens is 472 g/mol. The predicted molar refractivity (Wildman–Crippen MR) is 148 cm³/mol. The van der Waals surface area contributed by atoms with Crippen LogP contribution in [0.3, 0.4) is 0 Å². The molecule has 2 aliphatic rings. The summed E-state index contributed by atoms with van der Waals surface area (Å²) >= 11 is 6.59. The highest BCUT2D eigenvalue weighted by atomic mass is 35.5. The van der Waals surface area contributed by atoms with Gasteiger partial charge in [0, 0.05) is 49.8 Å². The molecule has 3 heterocycles. The normalized spacial score (nSPS) is 24.9. The van der Waals surface area contributed by atoms with Crippen LogP contribution in [0.4, 0.5) is 5.82 Å². The van der Waals surface area contributed by atoms with Gasteiger partial charge in [0.15, 0.2) is 0 Å². The first kappa shape index (κ1) is 27.3.